The van der Waals surface area contributed by atoms with Crippen molar-refractivity contribution in [2.45, 2.75) is 6.92 Å². The van der Waals surface area contributed by atoms with E-state index in [2.05, 4.69) is 5.32 Å². The second-order valence-electron chi connectivity index (χ2n) is 6.51. The van der Waals surface area contributed by atoms with Gasteiger partial charge in [0, 0.05) is 17.7 Å². The van der Waals surface area contributed by atoms with Gasteiger partial charge in [-0.2, -0.15) is 0 Å². The van der Waals surface area contributed by atoms with Gasteiger partial charge >= 0.3 is 0 Å². The van der Waals surface area contributed by atoms with Gasteiger partial charge in [-0.15, -0.1) is 0 Å². The summed E-state index contributed by atoms with van der Waals surface area (Å²) in [6.45, 7) is 0.587. The molecule has 0 bridgehead atoms. The number of ketones is 1. The number of Topliss-reactive ketones (excluding diaryl/α,β-unsaturated/α-hetero) is 1. The number of rotatable bonds is 5. The Kier molecular flexibility index (Phi) is 4.42. The van der Waals surface area contributed by atoms with Crippen LogP contribution in [0.5, 0.6) is 11.5 Å². The number of benzene rings is 2. The molecular formula is C19H13N3O8. The molecule has 11 nitrogen and oxygen atoms in total. The summed E-state index contributed by atoms with van der Waals surface area (Å²) in [5.41, 5.74) is -0.726. The molecule has 0 saturated heterocycles. The highest BCUT2D eigenvalue weighted by Gasteiger charge is 2.41. The molecule has 11 heteroatoms. The minimum atomic E-state index is -0.935. The Morgan fingerprint density at radius 1 is 1.17 bits per heavy atom. The van der Waals surface area contributed by atoms with E-state index in [1.165, 1.54) is 31.2 Å². The third-order valence-electron chi connectivity index (χ3n) is 4.64. The average molecular weight is 411 g/mol. The van der Waals surface area contributed by atoms with Crippen LogP contribution < -0.4 is 14.8 Å². The Balaban J connectivity index is 1.58. The van der Waals surface area contributed by atoms with E-state index >= 15 is 0 Å². The van der Waals surface area contributed by atoms with Gasteiger partial charge in [0.2, 0.25) is 12.7 Å². The zero-order valence-electron chi connectivity index (χ0n) is 15.5. The number of nitro groups is 1. The van der Waals surface area contributed by atoms with Crippen molar-refractivity contribution in [3.05, 3.63) is 57.1 Å². The first-order valence-corrected chi connectivity index (χ1v) is 8.66. The van der Waals surface area contributed by atoms with Gasteiger partial charge in [0.05, 0.1) is 16.2 Å². The number of amides is 3. The van der Waals surface area contributed by atoms with Crippen LogP contribution in [0.25, 0.3) is 0 Å². The number of ether oxygens (including phenoxy) is 2. The summed E-state index contributed by atoms with van der Waals surface area (Å²) in [6, 6.07) is 6.51. The van der Waals surface area contributed by atoms with Gasteiger partial charge < -0.3 is 14.8 Å². The molecule has 2 aliphatic rings. The molecule has 1 N–H and O–H groups in total. The third kappa shape index (κ3) is 3.02. The van der Waals surface area contributed by atoms with E-state index in [1.54, 1.807) is 0 Å². The summed E-state index contributed by atoms with van der Waals surface area (Å²) < 4.78 is 10.4. The number of carbonyl (C=O) groups excluding carboxylic acids is 4. The fraction of sp³-hybridized carbons (Fsp3) is 0.158. The van der Waals surface area contributed by atoms with Crippen LogP contribution in [0, 0.1) is 10.1 Å². The van der Waals surface area contributed by atoms with Crippen molar-refractivity contribution >= 4 is 34.9 Å². The molecular weight excluding hydrogens is 398 g/mol. The number of nitrogens with zero attached hydrogens (tertiary/aromatic N) is 2. The molecule has 0 aliphatic carbocycles. The molecule has 0 radical (unpaired) electrons. The first-order valence-electron chi connectivity index (χ1n) is 8.66. The Morgan fingerprint density at radius 3 is 2.53 bits per heavy atom. The van der Waals surface area contributed by atoms with E-state index in [1.807, 2.05) is 0 Å². The van der Waals surface area contributed by atoms with E-state index in [0.29, 0.717) is 16.4 Å². The van der Waals surface area contributed by atoms with Crippen LogP contribution in [0.15, 0.2) is 30.3 Å². The molecule has 2 heterocycles. The Labute approximate surface area is 168 Å². The molecule has 0 fully saturated rings. The Hall–Kier alpha value is -4.28. The largest absolute Gasteiger partial charge is 0.454 e. The number of carbonyl (C=O) groups is 4. The second kappa shape index (κ2) is 6.95. The monoisotopic (exact) mass is 411 g/mol. The van der Waals surface area contributed by atoms with E-state index in [-0.39, 0.29) is 35.0 Å². The molecule has 0 unspecified atom stereocenters. The summed E-state index contributed by atoms with van der Waals surface area (Å²) in [5.74, 6) is -2.19. The quantitative estimate of drug-likeness (QED) is 0.339. The van der Waals surface area contributed by atoms with Crippen molar-refractivity contribution in [2.75, 3.05) is 18.7 Å². The van der Waals surface area contributed by atoms with Crippen molar-refractivity contribution < 1.29 is 33.6 Å². The van der Waals surface area contributed by atoms with Crippen molar-refractivity contribution in [1.29, 1.82) is 0 Å². The highest BCUT2D eigenvalue weighted by Crippen LogP contribution is 2.37. The lowest BCUT2D eigenvalue weighted by atomic mass is 10.1. The van der Waals surface area contributed by atoms with Crippen LogP contribution in [0.4, 0.5) is 11.4 Å². The van der Waals surface area contributed by atoms with Crippen molar-refractivity contribution in [3.63, 3.8) is 0 Å². The van der Waals surface area contributed by atoms with E-state index < -0.39 is 34.9 Å². The molecule has 0 atom stereocenters. The molecule has 152 valence electrons. The number of hydrogen-bond donors (Lipinski definition) is 1. The molecule has 0 saturated carbocycles. The lowest BCUT2D eigenvalue weighted by Gasteiger charge is -2.15. The predicted octanol–water partition coefficient (Wildman–Crippen LogP) is 1.76. The molecule has 0 aromatic heterocycles. The van der Waals surface area contributed by atoms with Gasteiger partial charge in [0.1, 0.15) is 12.1 Å². The number of fused-ring (bicyclic) bond motifs is 2. The summed E-state index contributed by atoms with van der Waals surface area (Å²) in [6.07, 6.45) is 0. The van der Waals surface area contributed by atoms with Crippen LogP contribution in [-0.4, -0.2) is 46.7 Å². The number of nitrogens with one attached hydrogen (secondary N) is 1. The minimum absolute atomic E-state index is 0.0299. The fourth-order valence-corrected chi connectivity index (χ4v) is 3.28. The molecule has 30 heavy (non-hydrogen) atoms. The van der Waals surface area contributed by atoms with E-state index in [0.717, 1.165) is 6.07 Å². The van der Waals surface area contributed by atoms with Crippen molar-refractivity contribution in [3.8, 4) is 11.5 Å². The summed E-state index contributed by atoms with van der Waals surface area (Å²) >= 11 is 0. The molecule has 4 rings (SSSR count). The standard InChI is InChI=1S/C19H13N3O8/c1-9(23)11-5-14-15(30-8-29-14)6-12(11)20-16(24)7-21-18(25)10-3-2-4-13(22(27)28)17(10)19(21)26/h2-6H,7-8H2,1H3,(H,20,24). The summed E-state index contributed by atoms with van der Waals surface area (Å²) in [5, 5.41) is 13.6. The van der Waals surface area contributed by atoms with Crippen LogP contribution in [0.1, 0.15) is 38.0 Å². The number of anilines is 1. The smallest absolute Gasteiger partial charge is 0.282 e. The first kappa shape index (κ1) is 19.1. The molecule has 2 aromatic carbocycles. The summed E-state index contributed by atoms with van der Waals surface area (Å²) in [7, 11) is 0. The maximum Gasteiger partial charge on any atom is 0.282 e. The lowest BCUT2D eigenvalue weighted by molar-refractivity contribution is -0.385. The number of nitro benzene ring substituents is 1. The zero-order chi connectivity index (χ0) is 21.6. The predicted molar refractivity (Wildman–Crippen MR) is 99.7 cm³/mol. The second-order valence-corrected chi connectivity index (χ2v) is 6.51. The summed E-state index contributed by atoms with van der Waals surface area (Å²) in [4.78, 5) is 60.6. The highest BCUT2D eigenvalue weighted by atomic mass is 16.7. The average Bonchev–Trinajstić information content (AvgIpc) is 3.25. The van der Waals surface area contributed by atoms with Crippen molar-refractivity contribution in [1.82, 2.24) is 4.90 Å². The SMILES string of the molecule is CC(=O)c1cc2c(cc1NC(=O)CN1C(=O)c3cccc([N+](=O)[O-])c3C1=O)OCO2. The third-order valence-corrected chi connectivity index (χ3v) is 4.64. The van der Waals surface area contributed by atoms with Crippen molar-refractivity contribution in [2.24, 2.45) is 0 Å². The normalized spacial score (nSPS) is 14.0. The van der Waals surface area contributed by atoms with E-state index in [9.17, 15) is 29.3 Å². The van der Waals surface area contributed by atoms with E-state index in [4.69, 9.17) is 9.47 Å². The van der Waals surface area contributed by atoms with Gasteiger partial charge in [-0.25, -0.2) is 0 Å². The van der Waals surface area contributed by atoms with Crippen LogP contribution in [0.3, 0.4) is 0 Å². The minimum Gasteiger partial charge on any atom is -0.454 e. The molecule has 2 aromatic rings. The Morgan fingerprint density at radius 2 is 1.87 bits per heavy atom. The number of imide groups is 1. The van der Waals surface area contributed by atoms with Gasteiger partial charge in [0.25, 0.3) is 17.5 Å². The topological polar surface area (TPSA) is 145 Å². The van der Waals surface area contributed by atoms with Gasteiger partial charge in [-0.3, -0.25) is 34.2 Å². The van der Waals surface area contributed by atoms with Crippen LogP contribution in [-0.2, 0) is 4.79 Å². The Bertz CT molecular complexity index is 1160. The maximum atomic E-state index is 12.6. The molecule has 3 amide bonds. The van der Waals surface area contributed by atoms with Gasteiger partial charge in [0.15, 0.2) is 17.3 Å². The zero-order valence-corrected chi connectivity index (χ0v) is 15.5. The fourth-order valence-electron chi connectivity index (χ4n) is 3.28. The highest BCUT2D eigenvalue weighted by molar-refractivity contribution is 6.24. The first-order chi connectivity index (χ1) is 14.3. The van der Waals surface area contributed by atoms with Crippen LogP contribution in [0.2, 0.25) is 0 Å². The molecule has 0 spiro atoms. The van der Waals surface area contributed by atoms with Gasteiger partial charge in [-0.1, -0.05) is 6.07 Å². The van der Waals surface area contributed by atoms with Crippen LogP contribution >= 0.6 is 0 Å². The molecule has 2 aliphatic heterocycles. The lowest BCUT2D eigenvalue weighted by Crippen LogP contribution is -2.37. The number of hydrogen-bond acceptors (Lipinski definition) is 8. The maximum absolute atomic E-state index is 12.6. The van der Waals surface area contributed by atoms with Gasteiger partial charge in [-0.05, 0) is 19.1 Å².